The second-order valence-electron chi connectivity index (χ2n) is 7.12. The van der Waals surface area contributed by atoms with Gasteiger partial charge in [0.1, 0.15) is 17.3 Å². The summed E-state index contributed by atoms with van der Waals surface area (Å²) < 4.78 is 0. The zero-order valence-electron chi connectivity index (χ0n) is 13.5. The van der Waals surface area contributed by atoms with Gasteiger partial charge in [-0.3, -0.25) is 14.4 Å². The highest BCUT2D eigenvalue weighted by Crippen LogP contribution is 2.45. The summed E-state index contributed by atoms with van der Waals surface area (Å²) in [6.07, 6.45) is 2.00. The molecule has 0 radical (unpaired) electrons. The molecule has 0 heterocycles. The molecule has 0 aromatic carbocycles. The topological polar surface area (TPSA) is 97.5 Å². The van der Waals surface area contributed by atoms with Crippen molar-refractivity contribution in [1.29, 1.82) is 0 Å². The number of ketones is 3. The van der Waals surface area contributed by atoms with E-state index in [-0.39, 0.29) is 66.3 Å². The van der Waals surface area contributed by atoms with Crippen LogP contribution in [0.5, 0.6) is 0 Å². The Hall–Kier alpha value is -1.07. The summed E-state index contributed by atoms with van der Waals surface area (Å²) in [4.78, 5) is 36.3. The Morgan fingerprint density at radius 1 is 1.18 bits per heavy atom. The number of carbonyl (C=O) groups is 3. The first-order valence-corrected chi connectivity index (χ1v) is 8.31. The SMILES string of the molecule is CC1CC2CC(C(=O)CCC(=O)CN)C(C)C(=O)C2CC1O. The van der Waals surface area contributed by atoms with Crippen LogP contribution in [0.3, 0.4) is 0 Å². The van der Waals surface area contributed by atoms with Gasteiger partial charge < -0.3 is 10.8 Å². The Labute approximate surface area is 131 Å². The molecule has 5 nitrogen and oxygen atoms in total. The van der Waals surface area contributed by atoms with Crippen LogP contribution >= 0.6 is 0 Å². The molecule has 0 saturated heterocycles. The largest absolute Gasteiger partial charge is 0.393 e. The summed E-state index contributed by atoms with van der Waals surface area (Å²) in [6, 6.07) is 0. The van der Waals surface area contributed by atoms with Gasteiger partial charge in [0.05, 0.1) is 12.6 Å². The van der Waals surface area contributed by atoms with Crippen LogP contribution in [0.2, 0.25) is 0 Å². The minimum absolute atomic E-state index is 0.0138. The van der Waals surface area contributed by atoms with Crippen LogP contribution < -0.4 is 5.73 Å². The lowest BCUT2D eigenvalue weighted by Crippen LogP contribution is -2.47. The number of Topliss-reactive ketones (excluding diaryl/α,β-unsaturated/α-hetero) is 3. The predicted octanol–water partition coefficient (Wildman–Crippen LogP) is 1.11. The Balaban J connectivity index is 2.03. The van der Waals surface area contributed by atoms with Gasteiger partial charge in [-0.25, -0.2) is 0 Å². The molecule has 0 amide bonds. The van der Waals surface area contributed by atoms with Gasteiger partial charge in [-0.2, -0.15) is 0 Å². The molecule has 0 aromatic rings. The average molecular weight is 309 g/mol. The van der Waals surface area contributed by atoms with Gasteiger partial charge in [0.15, 0.2) is 0 Å². The van der Waals surface area contributed by atoms with Crippen molar-refractivity contribution in [2.45, 2.75) is 52.1 Å². The fourth-order valence-electron chi connectivity index (χ4n) is 4.12. The van der Waals surface area contributed by atoms with Crippen LogP contribution in [0, 0.1) is 29.6 Å². The summed E-state index contributed by atoms with van der Waals surface area (Å²) in [5.74, 6) is -0.292. The molecular formula is C17H27NO4. The molecule has 0 bridgehead atoms. The van der Waals surface area contributed by atoms with Crippen LogP contribution in [0.25, 0.3) is 0 Å². The maximum atomic E-state index is 12.6. The first-order chi connectivity index (χ1) is 10.3. The molecular weight excluding hydrogens is 282 g/mol. The zero-order valence-corrected chi connectivity index (χ0v) is 13.5. The molecule has 5 heteroatoms. The molecule has 0 spiro atoms. The van der Waals surface area contributed by atoms with E-state index in [0.717, 1.165) is 6.42 Å². The third-order valence-corrected chi connectivity index (χ3v) is 5.66. The Bertz CT molecular complexity index is 462. The number of fused-ring (bicyclic) bond motifs is 1. The third kappa shape index (κ3) is 3.46. The first kappa shape index (κ1) is 17.3. The minimum atomic E-state index is -0.410. The summed E-state index contributed by atoms with van der Waals surface area (Å²) in [5.41, 5.74) is 5.26. The number of hydrogen-bond acceptors (Lipinski definition) is 5. The van der Waals surface area contributed by atoms with E-state index >= 15 is 0 Å². The van der Waals surface area contributed by atoms with Crippen molar-refractivity contribution in [2.24, 2.45) is 35.3 Å². The van der Waals surface area contributed by atoms with Crippen molar-refractivity contribution < 1.29 is 19.5 Å². The highest BCUT2D eigenvalue weighted by Gasteiger charge is 2.47. The molecule has 2 saturated carbocycles. The minimum Gasteiger partial charge on any atom is -0.393 e. The fraction of sp³-hybridized carbons (Fsp3) is 0.824. The van der Waals surface area contributed by atoms with E-state index in [9.17, 15) is 19.5 Å². The van der Waals surface area contributed by atoms with Crippen molar-refractivity contribution in [2.75, 3.05) is 6.54 Å². The molecule has 124 valence electrons. The summed E-state index contributed by atoms with van der Waals surface area (Å²) in [5, 5.41) is 10.00. The normalized spacial score (nSPS) is 38.5. The van der Waals surface area contributed by atoms with Crippen molar-refractivity contribution in [1.82, 2.24) is 0 Å². The zero-order chi connectivity index (χ0) is 16.4. The fourth-order valence-corrected chi connectivity index (χ4v) is 4.12. The molecule has 2 aliphatic rings. The van der Waals surface area contributed by atoms with Crippen LogP contribution in [0.4, 0.5) is 0 Å². The summed E-state index contributed by atoms with van der Waals surface area (Å²) in [7, 11) is 0. The van der Waals surface area contributed by atoms with Gasteiger partial charge in [-0.15, -0.1) is 0 Å². The molecule has 3 N–H and O–H groups in total. The Kier molecular flexibility index (Phi) is 5.50. The van der Waals surface area contributed by atoms with E-state index in [0.29, 0.717) is 12.8 Å². The average Bonchev–Trinajstić information content (AvgIpc) is 2.50. The lowest BCUT2D eigenvalue weighted by molar-refractivity contribution is -0.145. The number of nitrogens with two attached hydrogens (primary N) is 1. The van der Waals surface area contributed by atoms with Crippen molar-refractivity contribution >= 4 is 17.3 Å². The van der Waals surface area contributed by atoms with E-state index in [1.54, 1.807) is 0 Å². The molecule has 6 unspecified atom stereocenters. The molecule has 6 atom stereocenters. The van der Waals surface area contributed by atoms with Gasteiger partial charge in [0, 0.05) is 30.6 Å². The lowest BCUT2D eigenvalue weighted by atomic mass is 9.59. The van der Waals surface area contributed by atoms with Gasteiger partial charge in [0.2, 0.25) is 0 Å². The quantitative estimate of drug-likeness (QED) is 0.793. The molecule has 22 heavy (non-hydrogen) atoms. The molecule has 0 aliphatic heterocycles. The number of aliphatic hydroxyl groups excluding tert-OH is 1. The van der Waals surface area contributed by atoms with E-state index in [1.165, 1.54) is 0 Å². The highest BCUT2D eigenvalue weighted by atomic mass is 16.3. The van der Waals surface area contributed by atoms with Gasteiger partial charge in [-0.05, 0) is 31.1 Å². The number of rotatable bonds is 5. The Morgan fingerprint density at radius 2 is 1.86 bits per heavy atom. The van der Waals surface area contributed by atoms with E-state index in [2.05, 4.69) is 0 Å². The third-order valence-electron chi connectivity index (χ3n) is 5.66. The van der Waals surface area contributed by atoms with Gasteiger partial charge in [-0.1, -0.05) is 13.8 Å². The highest BCUT2D eigenvalue weighted by molar-refractivity contribution is 5.94. The summed E-state index contributed by atoms with van der Waals surface area (Å²) in [6.45, 7) is 3.78. The van der Waals surface area contributed by atoms with Crippen LogP contribution in [0.15, 0.2) is 0 Å². The van der Waals surface area contributed by atoms with E-state index in [1.807, 2.05) is 13.8 Å². The maximum absolute atomic E-state index is 12.6. The number of aliphatic hydroxyl groups is 1. The van der Waals surface area contributed by atoms with Crippen LogP contribution in [-0.2, 0) is 14.4 Å². The standard InChI is InChI=1S/C17H27NO4/c1-9-5-11-6-13(15(20)4-3-12(19)8-18)10(2)17(22)14(11)7-16(9)21/h9-11,13-14,16,21H,3-8,18H2,1-2H3. The number of carbonyl (C=O) groups excluding carboxylic acids is 3. The van der Waals surface area contributed by atoms with Crippen LogP contribution in [-0.4, -0.2) is 35.1 Å². The molecule has 2 aliphatic carbocycles. The smallest absolute Gasteiger partial charge is 0.146 e. The first-order valence-electron chi connectivity index (χ1n) is 8.31. The van der Waals surface area contributed by atoms with E-state index < -0.39 is 6.10 Å². The van der Waals surface area contributed by atoms with Crippen LogP contribution in [0.1, 0.15) is 46.0 Å². The monoisotopic (exact) mass is 309 g/mol. The van der Waals surface area contributed by atoms with Crippen molar-refractivity contribution in [3.63, 3.8) is 0 Å². The maximum Gasteiger partial charge on any atom is 0.146 e. The number of hydrogen-bond donors (Lipinski definition) is 2. The van der Waals surface area contributed by atoms with E-state index in [4.69, 9.17) is 5.73 Å². The molecule has 2 fully saturated rings. The Morgan fingerprint density at radius 3 is 2.50 bits per heavy atom. The predicted molar refractivity (Wildman–Crippen MR) is 82.0 cm³/mol. The van der Waals surface area contributed by atoms with Crippen molar-refractivity contribution in [3.05, 3.63) is 0 Å². The van der Waals surface area contributed by atoms with Crippen molar-refractivity contribution in [3.8, 4) is 0 Å². The van der Waals surface area contributed by atoms with Gasteiger partial charge >= 0.3 is 0 Å². The second kappa shape index (κ2) is 7.01. The van der Waals surface area contributed by atoms with Gasteiger partial charge in [0.25, 0.3) is 0 Å². The lowest BCUT2D eigenvalue weighted by Gasteiger charge is -2.44. The molecule has 2 rings (SSSR count). The second-order valence-corrected chi connectivity index (χ2v) is 7.12. The molecule has 0 aromatic heterocycles. The summed E-state index contributed by atoms with van der Waals surface area (Å²) >= 11 is 0.